The van der Waals surface area contributed by atoms with Crippen molar-refractivity contribution in [2.45, 2.75) is 31.9 Å². The normalized spacial score (nSPS) is 21.0. The maximum Gasteiger partial charge on any atom is 0.271 e. The average molecular weight is 350 g/mol. The first-order chi connectivity index (χ1) is 11.5. The van der Waals surface area contributed by atoms with Gasteiger partial charge in [-0.25, -0.2) is 9.37 Å². The molecule has 2 aromatic rings. The Morgan fingerprint density at radius 3 is 2.79 bits per heavy atom. The fourth-order valence-corrected chi connectivity index (χ4v) is 3.53. The van der Waals surface area contributed by atoms with E-state index in [1.165, 1.54) is 24.5 Å². The highest BCUT2D eigenvalue weighted by Crippen LogP contribution is 2.39. The zero-order valence-corrected chi connectivity index (χ0v) is 14.3. The van der Waals surface area contributed by atoms with E-state index >= 15 is 0 Å². The highest BCUT2D eigenvalue weighted by molar-refractivity contribution is 7.09. The molecule has 1 aliphatic carbocycles. The molecule has 2 N–H and O–H groups in total. The van der Waals surface area contributed by atoms with Gasteiger partial charge in [0.15, 0.2) is 11.6 Å². The molecule has 0 radical (unpaired) electrons. The van der Waals surface area contributed by atoms with Gasteiger partial charge in [-0.2, -0.15) is 0 Å². The number of aryl methyl sites for hydroxylation is 1. The van der Waals surface area contributed by atoms with Crippen molar-refractivity contribution in [3.05, 3.63) is 45.7 Å². The van der Waals surface area contributed by atoms with Crippen molar-refractivity contribution >= 4 is 17.2 Å². The summed E-state index contributed by atoms with van der Waals surface area (Å²) in [5, 5.41) is 15.0. The summed E-state index contributed by atoms with van der Waals surface area (Å²) >= 11 is 1.40. The monoisotopic (exact) mass is 350 g/mol. The molecule has 1 aromatic carbocycles. The lowest BCUT2D eigenvalue weighted by Crippen LogP contribution is -2.41. The van der Waals surface area contributed by atoms with E-state index in [0.717, 1.165) is 5.01 Å². The number of aromatic nitrogens is 1. The van der Waals surface area contributed by atoms with Gasteiger partial charge in [0, 0.05) is 5.38 Å². The van der Waals surface area contributed by atoms with Crippen molar-refractivity contribution in [2.24, 2.45) is 5.92 Å². The van der Waals surface area contributed by atoms with E-state index < -0.39 is 5.82 Å². The number of rotatable bonds is 5. The van der Waals surface area contributed by atoms with Gasteiger partial charge in [-0.15, -0.1) is 11.3 Å². The summed E-state index contributed by atoms with van der Waals surface area (Å²) in [5.41, 5.74) is 1.02. The number of nitrogens with one attached hydrogen (secondary N) is 1. The van der Waals surface area contributed by atoms with E-state index in [9.17, 15) is 14.3 Å². The largest absolute Gasteiger partial charge is 0.494 e. The van der Waals surface area contributed by atoms with Crippen molar-refractivity contribution < 1.29 is 19.0 Å². The molecule has 1 aromatic heterocycles. The van der Waals surface area contributed by atoms with Gasteiger partial charge < -0.3 is 15.2 Å². The molecule has 24 heavy (non-hydrogen) atoms. The van der Waals surface area contributed by atoms with Crippen LogP contribution in [0, 0.1) is 18.7 Å². The summed E-state index contributed by atoms with van der Waals surface area (Å²) in [6.45, 7) is 1.83. The SMILES string of the molecule is COc1ccc([C@H](NC(=O)c2csc(C)n2)C2CC(O)C2)cc1F. The van der Waals surface area contributed by atoms with Crippen LogP contribution in [0.2, 0.25) is 0 Å². The Morgan fingerprint density at radius 1 is 1.50 bits per heavy atom. The number of aliphatic hydroxyl groups excluding tert-OH is 1. The third-order valence-corrected chi connectivity index (χ3v) is 5.07. The zero-order valence-electron chi connectivity index (χ0n) is 13.5. The third-order valence-electron chi connectivity index (χ3n) is 4.29. The van der Waals surface area contributed by atoms with E-state index in [2.05, 4.69) is 10.3 Å². The number of hydrogen-bond donors (Lipinski definition) is 2. The number of aliphatic hydroxyl groups is 1. The van der Waals surface area contributed by atoms with E-state index in [0.29, 0.717) is 24.1 Å². The highest BCUT2D eigenvalue weighted by atomic mass is 32.1. The lowest BCUT2D eigenvalue weighted by atomic mass is 9.75. The second kappa shape index (κ2) is 6.86. The average Bonchev–Trinajstić information content (AvgIpc) is 2.96. The van der Waals surface area contributed by atoms with E-state index in [1.54, 1.807) is 17.5 Å². The molecule has 0 unspecified atom stereocenters. The first-order valence-electron chi connectivity index (χ1n) is 7.72. The van der Waals surface area contributed by atoms with Crippen molar-refractivity contribution in [3.63, 3.8) is 0 Å². The predicted octanol–water partition coefficient (Wildman–Crippen LogP) is 2.84. The van der Waals surface area contributed by atoms with Gasteiger partial charge in [-0.3, -0.25) is 4.79 Å². The molecule has 1 aliphatic rings. The highest BCUT2D eigenvalue weighted by Gasteiger charge is 2.36. The molecule has 3 rings (SSSR count). The van der Waals surface area contributed by atoms with Crippen molar-refractivity contribution in [2.75, 3.05) is 7.11 Å². The van der Waals surface area contributed by atoms with Gasteiger partial charge in [0.25, 0.3) is 5.91 Å². The number of carbonyl (C=O) groups excluding carboxylic acids is 1. The van der Waals surface area contributed by atoms with Gasteiger partial charge in [0.2, 0.25) is 0 Å². The van der Waals surface area contributed by atoms with Gasteiger partial charge >= 0.3 is 0 Å². The standard InChI is InChI=1S/C17H19FN2O3S/c1-9-19-14(8-24-9)17(22)20-16(11-5-12(21)6-11)10-3-4-15(23-2)13(18)7-10/h3-4,7-8,11-12,16,21H,5-6H2,1-2H3,(H,20,22)/t11?,12?,16-/m0/s1. The minimum absolute atomic E-state index is 0.0662. The number of ether oxygens (including phenoxy) is 1. The molecular formula is C17H19FN2O3S. The van der Waals surface area contributed by atoms with E-state index in [-0.39, 0.29) is 29.7 Å². The van der Waals surface area contributed by atoms with Crippen LogP contribution in [0.1, 0.15) is 39.9 Å². The minimum atomic E-state index is -0.473. The number of methoxy groups -OCH3 is 1. The Bertz CT molecular complexity index is 743. The molecule has 0 bridgehead atoms. The van der Waals surface area contributed by atoms with Crippen LogP contribution < -0.4 is 10.1 Å². The second-order valence-corrected chi connectivity index (χ2v) is 7.04. The Morgan fingerprint density at radius 2 is 2.25 bits per heavy atom. The molecule has 0 aliphatic heterocycles. The van der Waals surface area contributed by atoms with Crippen LogP contribution >= 0.6 is 11.3 Å². The van der Waals surface area contributed by atoms with Crippen molar-refractivity contribution in [1.29, 1.82) is 0 Å². The molecule has 128 valence electrons. The number of benzene rings is 1. The number of nitrogens with zero attached hydrogens (tertiary/aromatic N) is 1. The third kappa shape index (κ3) is 3.42. The Kier molecular flexibility index (Phi) is 4.82. The first kappa shape index (κ1) is 16.9. The Balaban J connectivity index is 1.83. The molecule has 0 spiro atoms. The fourth-order valence-electron chi connectivity index (χ4n) is 2.93. The summed E-state index contributed by atoms with van der Waals surface area (Å²) in [4.78, 5) is 16.6. The molecule has 0 saturated heterocycles. The summed E-state index contributed by atoms with van der Waals surface area (Å²) in [6, 6.07) is 4.29. The van der Waals surface area contributed by atoms with E-state index in [1.807, 2.05) is 6.92 Å². The number of carbonyl (C=O) groups is 1. The predicted molar refractivity (Wildman–Crippen MR) is 88.7 cm³/mol. The Hall–Kier alpha value is -1.99. The number of halogens is 1. The summed E-state index contributed by atoms with van der Waals surface area (Å²) in [6.07, 6.45) is 0.794. The van der Waals surface area contributed by atoms with Crippen molar-refractivity contribution in [1.82, 2.24) is 10.3 Å². The minimum Gasteiger partial charge on any atom is -0.494 e. The van der Waals surface area contributed by atoms with Crippen LogP contribution in [0.4, 0.5) is 4.39 Å². The number of hydrogen-bond acceptors (Lipinski definition) is 5. The second-order valence-electron chi connectivity index (χ2n) is 5.98. The maximum atomic E-state index is 14.0. The molecule has 1 amide bonds. The lowest BCUT2D eigenvalue weighted by Gasteiger charge is -2.38. The molecule has 7 heteroatoms. The van der Waals surface area contributed by atoms with Crippen LogP contribution in [0.3, 0.4) is 0 Å². The van der Waals surface area contributed by atoms with Crippen LogP contribution in [0.15, 0.2) is 23.6 Å². The topological polar surface area (TPSA) is 71.5 Å². The van der Waals surface area contributed by atoms with Crippen LogP contribution in [0.5, 0.6) is 5.75 Å². The molecule has 1 atom stereocenters. The van der Waals surface area contributed by atoms with Gasteiger partial charge in [0.05, 0.1) is 24.3 Å². The van der Waals surface area contributed by atoms with Gasteiger partial charge in [-0.1, -0.05) is 6.07 Å². The van der Waals surface area contributed by atoms with Crippen molar-refractivity contribution in [3.8, 4) is 5.75 Å². The molecule has 1 heterocycles. The van der Waals surface area contributed by atoms with E-state index in [4.69, 9.17) is 4.74 Å². The molecule has 1 fully saturated rings. The summed E-state index contributed by atoms with van der Waals surface area (Å²) in [7, 11) is 1.41. The van der Waals surface area contributed by atoms with Crippen LogP contribution in [0.25, 0.3) is 0 Å². The smallest absolute Gasteiger partial charge is 0.271 e. The summed E-state index contributed by atoms with van der Waals surface area (Å²) in [5.74, 6) is -0.537. The molecule has 1 saturated carbocycles. The van der Waals surface area contributed by atoms with Gasteiger partial charge in [-0.05, 0) is 43.4 Å². The number of amides is 1. The first-order valence-corrected chi connectivity index (χ1v) is 8.60. The summed E-state index contributed by atoms with van der Waals surface area (Å²) < 4.78 is 19.0. The quantitative estimate of drug-likeness (QED) is 0.870. The van der Waals surface area contributed by atoms with Gasteiger partial charge in [0.1, 0.15) is 5.69 Å². The fraction of sp³-hybridized carbons (Fsp3) is 0.412. The molecule has 5 nitrogen and oxygen atoms in total. The Labute approximate surface area is 143 Å². The molecular weight excluding hydrogens is 331 g/mol. The van der Waals surface area contributed by atoms with Crippen LogP contribution in [-0.2, 0) is 0 Å². The maximum absolute atomic E-state index is 14.0. The lowest BCUT2D eigenvalue weighted by molar-refractivity contribution is 0.0234. The zero-order chi connectivity index (χ0) is 17.3. The number of thiazole rings is 1. The van der Waals surface area contributed by atoms with Crippen LogP contribution in [-0.4, -0.2) is 29.2 Å².